The van der Waals surface area contributed by atoms with Crippen molar-refractivity contribution in [2.45, 2.75) is 46.1 Å². The highest BCUT2D eigenvalue weighted by Crippen LogP contribution is 2.45. The third-order valence-corrected chi connectivity index (χ3v) is 6.35. The van der Waals surface area contributed by atoms with Crippen molar-refractivity contribution >= 4 is 11.5 Å². The van der Waals surface area contributed by atoms with Crippen LogP contribution in [0.25, 0.3) is 16.7 Å². The van der Waals surface area contributed by atoms with Gasteiger partial charge in [0.2, 0.25) is 0 Å². The molecular weight excluding hydrogens is 464 g/mol. The van der Waals surface area contributed by atoms with Crippen LogP contribution >= 0.6 is 0 Å². The summed E-state index contributed by atoms with van der Waals surface area (Å²) >= 11 is 0. The number of esters is 1. The summed E-state index contributed by atoms with van der Waals surface area (Å²) in [5.41, 5.74) is 7.00. The van der Waals surface area contributed by atoms with Crippen LogP contribution in [0, 0.1) is 0 Å². The fourth-order valence-corrected chi connectivity index (χ4v) is 4.53. The molecule has 5 heteroatoms. The molecule has 0 saturated carbocycles. The molecule has 3 aromatic carbocycles. The molecule has 194 valence electrons. The summed E-state index contributed by atoms with van der Waals surface area (Å²) in [6.07, 6.45) is 4.18. The maximum atomic E-state index is 12.1. The lowest BCUT2D eigenvalue weighted by atomic mass is 10.0. The van der Waals surface area contributed by atoms with E-state index >= 15 is 0 Å². The maximum Gasteiger partial charge on any atom is 0.335 e. The molecule has 0 bridgehead atoms. The first-order chi connectivity index (χ1) is 18.1. The van der Waals surface area contributed by atoms with Gasteiger partial charge in [-0.2, -0.15) is 0 Å². The van der Waals surface area contributed by atoms with Crippen LogP contribution in [0.3, 0.4) is 0 Å². The molecule has 0 N–H and O–H groups in total. The molecular formula is C32H36O5. The normalized spacial score (nSPS) is 13.6. The van der Waals surface area contributed by atoms with E-state index in [4.69, 9.17) is 18.9 Å². The number of unbranched alkanes of at least 4 members (excludes halogenated alkanes) is 1. The Hall–Kier alpha value is -3.57. The molecule has 0 spiro atoms. The minimum atomic E-state index is -0.596. The quantitative estimate of drug-likeness (QED) is 0.148. The van der Waals surface area contributed by atoms with E-state index in [1.807, 2.05) is 31.2 Å². The molecule has 5 nitrogen and oxygen atoms in total. The van der Waals surface area contributed by atoms with Crippen molar-refractivity contribution in [3.63, 3.8) is 0 Å². The van der Waals surface area contributed by atoms with Gasteiger partial charge in [-0.1, -0.05) is 55.8 Å². The molecule has 0 saturated heterocycles. The Balaban J connectivity index is 1.43. The molecule has 0 radical (unpaired) electrons. The molecule has 1 atom stereocenters. The summed E-state index contributed by atoms with van der Waals surface area (Å²) in [7, 11) is 0. The van der Waals surface area contributed by atoms with Gasteiger partial charge in [-0.3, -0.25) is 0 Å². The van der Waals surface area contributed by atoms with Gasteiger partial charge in [-0.15, -0.1) is 0 Å². The van der Waals surface area contributed by atoms with Crippen LogP contribution in [0.1, 0.15) is 50.3 Å². The SMILES string of the molecule is CCCCOc1ccc2c(c1)-c1ccccc1/C2=C\COc1ccc(CC(OCC)C(=O)OCC)cc1. The number of hydrogen-bond donors (Lipinski definition) is 0. The maximum absolute atomic E-state index is 12.1. The van der Waals surface area contributed by atoms with E-state index in [0.717, 1.165) is 36.5 Å². The van der Waals surface area contributed by atoms with Crippen LogP contribution < -0.4 is 9.47 Å². The Bertz CT molecular complexity index is 1210. The molecule has 4 rings (SSSR count). The van der Waals surface area contributed by atoms with Crippen LogP contribution in [-0.2, 0) is 20.7 Å². The second-order valence-corrected chi connectivity index (χ2v) is 8.93. The van der Waals surface area contributed by atoms with Crippen molar-refractivity contribution in [2.24, 2.45) is 0 Å². The lowest BCUT2D eigenvalue weighted by Crippen LogP contribution is -2.28. The van der Waals surface area contributed by atoms with Gasteiger partial charge in [0.1, 0.15) is 18.1 Å². The number of rotatable bonds is 13. The minimum Gasteiger partial charge on any atom is -0.494 e. The molecule has 1 aliphatic carbocycles. The van der Waals surface area contributed by atoms with Gasteiger partial charge in [0.25, 0.3) is 0 Å². The summed E-state index contributed by atoms with van der Waals surface area (Å²) in [5, 5.41) is 0. The van der Waals surface area contributed by atoms with E-state index in [0.29, 0.717) is 26.2 Å². The highest BCUT2D eigenvalue weighted by atomic mass is 16.6. The lowest BCUT2D eigenvalue weighted by molar-refractivity contribution is -0.156. The number of hydrogen-bond acceptors (Lipinski definition) is 5. The summed E-state index contributed by atoms with van der Waals surface area (Å²) in [4.78, 5) is 12.1. The number of fused-ring (bicyclic) bond motifs is 3. The Kier molecular flexibility index (Phi) is 9.39. The van der Waals surface area contributed by atoms with E-state index < -0.39 is 6.10 Å². The van der Waals surface area contributed by atoms with E-state index in [1.165, 1.54) is 27.8 Å². The fraction of sp³-hybridized carbons (Fsp3) is 0.344. The highest BCUT2D eigenvalue weighted by molar-refractivity contribution is 6.01. The van der Waals surface area contributed by atoms with E-state index in [2.05, 4.69) is 55.5 Å². The van der Waals surface area contributed by atoms with Crippen molar-refractivity contribution in [1.29, 1.82) is 0 Å². The average molecular weight is 501 g/mol. The minimum absolute atomic E-state index is 0.326. The van der Waals surface area contributed by atoms with E-state index in [9.17, 15) is 4.79 Å². The number of benzene rings is 3. The van der Waals surface area contributed by atoms with Gasteiger partial charge in [-0.05, 0) is 84.0 Å². The van der Waals surface area contributed by atoms with Gasteiger partial charge in [0.05, 0.1) is 13.2 Å². The Morgan fingerprint density at radius 2 is 1.54 bits per heavy atom. The van der Waals surface area contributed by atoms with Gasteiger partial charge in [0.15, 0.2) is 6.10 Å². The average Bonchev–Trinajstić information content (AvgIpc) is 3.23. The third kappa shape index (κ3) is 6.60. The zero-order valence-corrected chi connectivity index (χ0v) is 22.0. The zero-order valence-electron chi connectivity index (χ0n) is 22.0. The Labute approximate surface area is 220 Å². The first-order valence-electron chi connectivity index (χ1n) is 13.2. The summed E-state index contributed by atoms with van der Waals surface area (Å²) in [6.45, 7) is 7.82. The topological polar surface area (TPSA) is 54.0 Å². The third-order valence-electron chi connectivity index (χ3n) is 6.35. The predicted molar refractivity (Wildman–Crippen MR) is 147 cm³/mol. The Morgan fingerprint density at radius 1 is 0.811 bits per heavy atom. The first-order valence-corrected chi connectivity index (χ1v) is 13.2. The van der Waals surface area contributed by atoms with Crippen LogP contribution in [0.4, 0.5) is 0 Å². The lowest BCUT2D eigenvalue weighted by Gasteiger charge is -2.15. The first kappa shape index (κ1) is 26.5. The Morgan fingerprint density at radius 3 is 2.27 bits per heavy atom. The van der Waals surface area contributed by atoms with Gasteiger partial charge < -0.3 is 18.9 Å². The molecule has 0 heterocycles. The van der Waals surface area contributed by atoms with Crippen molar-refractivity contribution in [3.8, 4) is 22.6 Å². The number of carbonyl (C=O) groups excluding carboxylic acids is 1. The van der Waals surface area contributed by atoms with Gasteiger partial charge >= 0.3 is 5.97 Å². The van der Waals surface area contributed by atoms with Crippen LogP contribution in [0.15, 0.2) is 72.8 Å². The van der Waals surface area contributed by atoms with Crippen LogP contribution in [0.2, 0.25) is 0 Å². The second kappa shape index (κ2) is 13.1. The monoisotopic (exact) mass is 500 g/mol. The number of carbonyl (C=O) groups is 1. The molecule has 1 aliphatic rings. The van der Waals surface area contributed by atoms with Crippen molar-refractivity contribution in [3.05, 3.63) is 89.5 Å². The molecule has 37 heavy (non-hydrogen) atoms. The zero-order chi connectivity index (χ0) is 26.0. The predicted octanol–water partition coefficient (Wildman–Crippen LogP) is 6.87. The smallest absolute Gasteiger partial charge is 0.335 e. The van der Waals surface area contributed by atoms with Crippen molar-refractivity contribution in [2.75, 3.05) is 26.4 Å². The molecule has 0 aliphatic heterocycles. The molecule has 0 fully saturated rings. The number of ether oxygens (including phenoxy) is 4. The van der Waals surface area contributed by atoms with Crippen LogP contribution in [-0.4, -0.2) is 38.5 Å². The second-order valence-electron chi connectivity index (χ2n) is 8.93. The standard InChI is InChI=1S/C32H36O5/c1-4-7-19-36-25-16-17-28-29(26-10-8-9-11-27(26)30(28)22-25)18-20-37-24-14-12-23(13-15-24)21-31(34-5-2)32(33)35-6-3/h8-18,22,31H,4-7,19-21H2,1-3H3/b29-18+. The molecule has 0 amide bonds. The highest BCUT2D eigenvalue weighted by Gasteiger charge is 2.23. The van der Waals surface area contributed by atoms with E-state index in [-0.39, 0.29) is 5.97 Å². The van der Waals surface area contributed by atoms with Gasteiger partial charge in [0, 0.05) is 13.0 Å². The molecule has 1 unspecified atom stereocenters. The van der Waals surface area contributed by atoms with Crippen molar-refractivity contribution in [1.82, 2.24) is 0 Å². The fourth-order valence-electron chi connectivity index (χ4n) is 4.53. The molecule has 3 aromatic rings. The van der Waals surface area contributed by atoms with Crippen LogP contribution in [0.5, 0.6) is 11.5 Å². The molecule has 0 aromatic heterocycles. The van der Waals surface area contributed by atoms with Crippen molar-refractivity contribution < 1.29 is 23.7 Å². The summed E-state index contributed by atoms with van der Waals surface area (Å²) in [6, 6.07) is 22.6. The van der Waals surface area contributed by atoms with Gasteiger partial charge in [-0.25, -0.2) is 4.79 Å². The summed E-state index contributed by atoms with van der Waals surface area (Å²) < 4.78 is 22.7. The largest absolute Gasteiger partial charge is 0.494 e. The summed E-state index contributed by atoms with van der Waals surface area (Å²) in [5.74, 6) is 1.36. The van der Waals surface area contributed by atoms with E-state index in [1.54, 1.807) is 6.92 Å².